The van der Waals surface area contributed by atoms with Gasteiger partial charge in [-0.2, -0.15) is 5.10 Å². The van der Waals surface area contributed by atoms with Crippen LogP contribution >= 0.6 is 0 Å². The van der Waals surface area contributed by atoms with Gasteiger partial charge in [0.1, 0.15) is 0 Å². The van der Waals surface area contributed by atoms with Gasteiger partial charge in [0.25, 0.3) is 5.91 Å². The summed E-state index contributed by atoms with van der Waals surface area (Å²) in [6, 6.07) is 8.03. The zero-order valence-electron chi connectivity index (χ0n) is 12.0. The van der Waals surface area contributed by atoms with Crippen molar-refractivity contribution < 1.29 is 4.79 Å². The number of nitrogens with one attached hydrogen (secondary N) is 2. The molecule has 0 radical (unpaired) electrons. The van der Waals surface area contributed by atoms with Crippen molar-refractivity contribution in [1.29, 1.82) is 0 Å². The summed E-state index contributed by atoms with van der Waals surface area (Å²) in [4.78, 5) is 15.0. The lowest BCUT2D eigenvalue weighted by Gasteiger charge is -2.35. The van der Waals surface area contributed by atoms with Gasteiger partial charge in [0.15, 0.2) is 5.69 Å². The Bertz CT molecular complexity index is 661. The number of para-hydroxylation sites is 1. The second-order valence-electron chi connectivity index (χ2n) is 6.19. The molecule has 2 N–H and O–H groups in total. The van der Waals surface area contributed by atoms with Crippen LogP contribution in [0.1, 0.15) is 29.8 Å². The van der Waals surface area contributed by atoms with Crippen LogP contribution < -0.4 is 5.32 Å². The molecule has 21 heavy (non-hydrogen) atoms. The third-order valence-corrected chi connectivity index (χ3v) is 4.89. The van der Waals surface area contributed by atoms with Gasteiger partial charge in [0.2, 0.25) is 0 Å². The predicted octanol–water partition coefficient (Wildman–Crippen LogP) is 1.78. The summed E-state index contributed by atoms with van der Waals surface area (Å²) in [5.41, 5.74) is 1.43. The largest absolute Gasteiger partial charge is 0.346 e. The normalized spacial score (nSPS) is 28.5. The smallest absolute Gasteiger partial charge is 0.272 e. The van der Waals surface area contributed by atoms with Gasteiger partial charge >= 0.3 is 0 Å². The number of nitrogens with zero attached hydrogens (tertiary/aromatic N) is 2. The number of hydrogen-bond acceptors (Lipinski definition) is 3. The Morgan fingerprint density at radius 2 is 2.19 bits per heavy atom. The van der Waals surface area contributed by atoms with Crippen molar-refractivity contribution in [1.82, 2.24) is 20.4 Å². The van der Waals surface area contributed by atoms with E-state index in [4.69, 9.17) is 0 Å². The van der Waals surface area contributed by atoms with Crippen molar-refractivity contribution in [2.45, 2.75) is 25.3 Å². The first-order valence-corrected chi connectivity index (χ1v) is 7.77. The highest BCUT2D eigenvalue weighted by molar-refractivity contribution is 6.04. The lowest BCUT2D eigenvalue weighted by atomic mass is 9.90. The fourth-order valence-electron chi connectivity index (χ4n) is 3.73. The minimum Gasteiger partial charge on any atom is -0.346 e. The SMILES string of the molecule is O=C(N[C@@H]1CN2CCCC1CC2)c1n[nH]c2ccccc12. The van der Waals surface area contributed by atoms with Crippen molar-refractivity contribution in [2.24, 2.45) is 5.92 Å². The predicted molar refractivity (Wildman–Crippen MR) is 81.1 cm³/mol. The highest BCUT2D eigenvalue weighted by Crippen LogP contribution is 2.27. The fourth-order valence-corrected chi connectivity index (χ4v) is 3.73. The van der Waals surface area contributed by atoms with E-state index in [-0.39, 0.29) is 11.9 Å². The van der Waals surface area contributed by atoms with Crippen molar-refractivity contribution in [3.05, 3.63) is 30.0 Å². The molecule has 0 saturated carbocycles. The molecule has 1 amide bonds. The van der Waals surface area contributed by atoms with E-state index in [1.54, 1.807) is 0 Å². The molecule has 3 fully saturated rings. The van der Waals surface area contributed by atoms with Gasteiger partial charge in [0, 0.05) is 18.0 Å². The van der Waals surface area contributed by atoms with Crippen LogP contribution in [-0.4, -0.2) is 46.7 Å². The molecule has 5 nitrogen and oxygen atoms in total. The molecule has 0 aliphatic carbocycles. The number of hydrogen-bond donors (Lipinski definition) is 2. The second-order valence-corrected chi connectivity index (χ2v) is 6.19. The van der Waals surface area contributed by atoms with E-state index in [1.165, 1.54) is 32.4 Å². The summed E-state index contributed by atoms with van der Waals surface area (Å²) in [6.45, 7) is 3.34. The Hall–Kier alpha value is -1.88. The second kappa shape index (κ2) is 5.15. The van der Waals surface area contributed by atoms with E-state index in [2.05, 4.69) is 20.4 Å². The van der Waals surface area contributed by atoms with E-state index in [1.807, 2.05) is 24.3 Å². The molecule has 3 atom stereocenters. The average Bonchev–Trinajstić information content (AvgIpc) is 2.68. The Labute approximate surface area is 123 Å². The Balaban J connectivity index is 1.55. The first kappa shape index (κ1) is 12.8. The van der Waals surface area contributed by atoms with Crippen molar-refractivity contribution in [2.75, 3.05) is 19.6 Å². The highest BCUT2D eigenvalue weighted by Gasteiger charge is 2.33. The van der Waals surface area contributed by atoms with Crippen molar-refractivity contribution in [3.8, 4) is 0 Å². The molecule has 1 aromatic heterocycles. The molecule has 3 aliphatic rings. The Morgan fingerprint density at radius 1 is 1.29 bits per heavy atom. The van der Waals surface area contributed by atoms with Crippen LogP contribution in [0.2, 0.25) is 0 Å². The third-order valence-electron chi connectivity index (χ3n) is 4.89. The number of rotatable bonds is 2. The maximum absolute atomic E-state index is 12.6. The zero-order chi connectivity index (χ0) is 14.2. The monoisotopic (exact) mass is 284 g/mol. The summed E-state index contributed by atoms with van der Waals surface area (Å²) >= 11 is 0. The van der Waals surface area contributed by atoms with Gasteiger partial charge in [-0.1, -0.05) is 18.2 Å². The molecule has 2 unspecified atom stereocenters. The number of piperidine rings is 1. The summed E-state index contributed by atoms with van der Waals surface area (Å²) in [6.07, 6.45) is 3.68. The molecular weight excluding hydrogens is 264 g/mol. The minimum absolute atomic E-state index is 0.0498. The summed E-state index contributed by atoms with van der Waals surface area (Å²) in [7, 11) is 0. The topological polar surface area (TPSA) is 61.0 Å². The summed E-state index contributed by atoms with van der Waals surface area (Å²) in [5, 5.41) is 11.2. The van der Waals surface area contributed by atoms with Crippen LogP contribution in [0.15, 0.2) is 24.3 Å². The Kier molecular flexibility index (Phi) is 3.15. The van der Waals surface area contributed by atoms with E-state index in [9.17, 15) is 4.79 Å². The van der Waals surface area contributed by atoms with Crippen LogP contribution in [0, 0.1) is 5.92 Å². The minimum atomic E-state index is -0.0498. The molecule has 2 bridgehead atoms. The number of amides is 1. The van der Waals surface area contributed by atoms with Crippen LogP contribution in [0.3, 0.4) is 0 Å². The molecule has 5 rings (SSSR count). The van der Waals surface area contributed by atoms with Gasteiger partial charge in [-0.15, -0.1) is 0 Å². The summed E-state index contributed by atoms with van der Waals surface area (Å²) in [5.74, 6) is 0.573. The number of fused-ring (bicyclic) bond motifs is 5. The standard InChI is InChI=1S/C16H20N4O/c21-16(15-12-5-1-2-6-13(12)18-19-15)17-14-10-20-8-3-4-11(14)7-9-20/h1-2,5-6,11,14H,3-4,7-10H2,(H,17,21)(H,18,19)/t11?,14-/m1/s1. The number of aromatic nitrogens is 2. The van der Waals surface area contributed by atoms with E-state index < -0.39 is 0 Å². The molecule has 3 aliphatic heterocycles. The van der Waals surface area contributed by atoms with Gasteiger partial charge in [0.05, 0.1) is 5.52 Å². The van der Waals surface area contributed by atoms with Crippen LogP contribution in [0.5, 0.6) is 0 Å². The zero-order valence-corrected chi connectivity index (χ0v) is 12.0. The maximum atomic E-state index is 12.6. The molecule has 110 valence electrons. The van der Waals surface area contributed by atoms with Gasteiger partial charge in [-0.3, -0.25) is 9.89 Å². The molecule has 5 heteroatoms. The molecule has 1 aromatic carbocycles. The van der Waals surface area contributed by atoms with Crippen LogP contribution in [0.4, 0.5) is 0 Å². The number of carbonyl (C=O) groups excluding carboxylic acids is 1. The highest BCUT2D eigenvalue weighted by atomic mass is 16.2. The lowest BCUT2D eigenvalue weighted by Crippen LogP contribution is -2.50. The lowest BCUT2D eigenvalue weighted by molar-refractivity contribution is 0.0876. The summed E-state index contributed by atoms with van der Waals surface area (Å²) < 4.78 is 0. The van der Waals surface area contributed by atoms with Crippen molar-refractivity contribution >= 4 is 16.8 Å². The van der Waals surface area contributed by atoms with Crippen molar-refractivity contribution in [3.63, 3.8) is 0 Å². The number of aromatic amines is 1. The quantitative estimate of drug-likeness (QED) is 0.883. The average molecular weight is 284 g/mol. The third kappa shape index (κ3) is 2.31. The number of benzene rings is 1. The number of carbonyl (C=O) groups is 1. The van der Waals surface area contributed by atoms with Crippen LogP contribution in [-0.2, 0) is 0 Å². The molecular formula is C16H20N4O. The van der Waals surface area contributed by atoms with Gasteiger partial charge < -0.3 is 10.2 Å². The van der Waals surface area contributed by atoms with Gasteiger partial charge in [-0.05, 0) is 44.3 Å². The van der Waals surface area contributed by atoms with E-state index in [0.717, 1.165) is 17.4 Å². The first-order chi connectivity index (χ1) is 10.3. The van der Waals surface area contributed by atoms with Gasteiger partial charge in [-0.25, -0.2) is 0 Å². The number of H-pyrrole nitrogens is 1. The molecule has 3 saturated heterocycles. The van der Waals surface area contributed by atoms with E-state index in [0.29, 0.717) is 11.6 Å². The molecule has 0 spiro atoms. The molecule has 2 aromatic rings. The first-order valence-electron chi connectivity index (χ1n) is 7.77. The maximum Gasteiger partial charge on any atom is 0.272 e. The molecule has 4 heterocycles. The fraction of sp³-hybridized carbons (Fsp3) is 0.500. The van der Waals surface area contributed by atoms with E-state index >= 15 is 0 Å². The Morgan fingerprint density at radius 3 is 3.14 bits per heavy atom. The van der Waals surface area contributed by atoms with Crippen LogP contribution in [0.25, 0.3) is 10.9 Å².